The van der Waals surface area contributed by atoms with Crippen molar-refractivity contribution in [1.29, 1.82) is 0 Å². The van der Waals surface area contributed by atoms with Gasteiger partial charge < -0.3 is 60.6 Å². The van der Waals surface area contributed by atoms with Crippen molar-refractivity contribution in [3.05, 3.63) is 46.5 Å². The van der Waals surface area contributed by atoms with Crippen LogP contribution in [0.4, 0.5) is 0 Å². The molecule has 4 saturated carbocycles. The predicted molar refractivity (Wildman–Crippen MR) is 185 cm³/mol. The first kappa shape index (κ1) is 40.6. The number of likely N-dealkylation sites (tertiary alicyclic amines) is 2. The van der Waals surface area contributed by atoms with Crippen LogP contribution in [0, 0.1) is 0 Å². The number of carboxylic acid groups (broad SMARTS) is 2. The second kappa shape index (κ2) is 14.0. The number of rotatable bonds is 10. The van der Waals surface area contributed by atoms with E-state index in [-0.39, 0.29) is 140 Å². The van der Waals surface area contributed by atoms with Crippen molar-refractivity contribution in [2.24, 2.45) is 11.5 Å². The number of carboxylic acids is 2. The molecule has 4 aliphatic heterocycles. The molecule has 6 fully saturated rings. The Morgan fingerprint density at radius 1 is 0.685 bits per heavy atom. The zero-order valence-corrected chi connectivity index (χ0v) is 34.6. The molecular weight excluding hydrogens is 724 g/mol. The summed E-state index contributed by atoms with van der Waals surface area (Å²) in [7, 11) is 0. The van der Waals surface area contributed by atoms with E-state index in [0.717, 1.165) is 49.9 Å². The fourth-order valence-corrected chi connectivity index (χ4v) is 8.57. The average molecular weight is 768 g/mol. The third-order valence-corrected chi connectivity index (χ3v) is 12.2. The number of aromatic carboxylic acids is 2. The number of benzene rings is 2. The smallest absolute Gasteiger partial charge is 0.669 e. The van der Waals surface area contributed by atoms with Crippen LogP contribution >= 0.6 is 0 Å². The Morgan fingerprint density at radius 2 is 1.04 bits per heavy atom. The first-order valence-corrected chi connectivity index (χ1v) is 18.2. The Hall–Kier alpha value is -1.61. The zero-order chi connectivity index (χ0) is 36.5. The number of hydrogen-bond acceptors (Lipinski definition) is 14. The fraction of sp³-hybridized carbons (Fsp3) is 0.588. The third-order valence-electron chi connectivity index (χ3n) is 12.2. The van der Waals surface area contributed by atoms with Gasteiger partial charge in [-0.15, -0.1) is 0 Å². The fourth-order valence-electron chi connectivity index (χ4n) is 8.57. The topological polar surface area (TPSA) is 251 Å². The van der Waals surface area contributed by atoms with Gasteiger partial charge in [0.15, 0.2) is 0 Å². The summed E-state index contributed by atoms with van der Waals surface area (Å²) in [6, 6.07) is 6.87. The molecular formula is C34H44B2N4Na2O12. The van der Waals surface area contributed by atoms with E-state index in [9.17, 15) is 39.9 Å². The van der Waals surface area contributed by atoms with E-state index in [2.05, 4.69) is 9.80 Å². The summed E-state index contributed by atoms with van der Waals surface area (Å²) in [5.41, 5.74) is 13.3. The van der Waals surface area contributed by atoms with Gasteiger partial charge in [0, 0.05) is 50.3 Å². The molecule has 10 N–H and O–H groups in total. The maximum Gasteiger partial charge on any atom is 1.00 e. The Morgan fingerprint density at radius 3 is 1.35 bits per heavy atom. The minimum Gasteiger partial charge on any atom is -0.669 e. The van der Waals surface area contributed by atoms with Gasteiger partial charge in [-0.25, -0.2) is 9.59 Å². The van der Waals surface area contributed by atoms with Gasteiger partial charge in [-0.05, 0) is 60.8 Å². The molecule has 2 saturated heterocycles. The van der Waals surface area contributed by atoms with E-state index in [1.807, 2.05) is 0 Å². The molecule has 2 aromatic carbocycles. The Labute approximate surface area is 356 Å². The van der Waals surface area contributed by atoms with Gasteiger partial charge in [0.2, 0.25) is 0 Å². The minimum absolute atomic E-state index is 0. The number of hydrogen-bond donors (Lipinski definition) is 8. The molecule has 280 valence electrons. The molecule has 16 nitrogen and oxygen atoms in total. The van der Waals surface area contributed by atoms with E-state index >= 15 is 0 Å². The Kier molecular flexibility index (Phi) is 10.6. The van der Waals surface area contributed by atoms with Crippen LogP contribution in [0.2, 0.25) is 11.6 Å². The van der Waals surface area contributed by atoms with Crippen molar-refractivity contribution in [2.45, 2.75) is 85.3 Å². The second-order valence-corrected chi connectivity index (χ2v) is 16.7. The summed E-state index contributed by atoms with van der Waals surface area (Å²) in [6.45, 7) is -1.55. The second-order valence-electron chi connectivity index (χ2n) is 16.7. The van der Waals surface area contributed by atoms with Crippen molar-refractivity contribution in [1.82, 2.24) is 9.80 Å². The van der Waals surface area contributed by atoms with Crippen molar-refractivity contribution < 1.29 is 118 Å². The van der Waals surface area contributed by atoms with Gasteiger partial charge in [-0.2, -0.15) is 0 Å². The van der Waals surface area contributed by atoms with Gasteiger partial charge in [0.05, 0.1) is 11.5 Å². The summed E-state index contributed by atoms with van der Waals surface area (Å²) in [6.07, 6.45) is 5.18. The Bertz CT molecular complexity index is 1720. The van der Waals surface area contributed by atoms with Gasteiger partial charge in [0.25, 0.3) is 0 Å². The number of ether oxygens (including phenoxy) is 2. The zero-order valence-electron chi connectivity index (χ0n) is 30.6. The Balaban J connectivity index is 0.000000161. The largest absolute Gasteiger partial charge is 1.00 e. The van der Waals surface area contributed by atoms with Crippen LogP contribution < -0.4 is 89.4 Å². The van der Waals surface area contributed by atoms with Crippen molar-refractivity contribution in [3.63, 3.8) is 0 Å². The average Bonchev–Trinajstić information content (AvgIpc) is 3.82. The van der Waals surface area contributed by atoms with Crippen molar-refractivity contribution in [3.8, 4) is 23.0 Å². The molecule has 54 heavy (non-hydrogen) atoms. The van der Waals surface area contributed by atoms with Crippen LogP contribution in [-0.2, 0) is 0 Å². The first-order chi connectivity index (χ1) is 24.5. The van der Waals surface area contributed by atoms with Crippen molar-refractivity contribution in [2.75, 3.05) is 39.3 Å². The molecule has 0 radical (unpaired) electrons. The van der Waals surface area contributed by atoms with E-state index in [4.69, 9.17) is 30.2 Å². The summed E-state index contributed by atoms with van der Waals surface area (Å²) < 4.78 is 22.4. The molecule has 0 amide bonds. The molecule has 4 atom stereocenters. The van der Waals surface area contributed by atoms with Crippen LogP contribution in [0.25, 0.3) is 0 Å². The summed E-state index contributed by atoms with van der Waals surface area (Å²) >= 11 is 0. The molecule has 0 bridgehead atoms. The predicted octanol–water partition coefficient (Wildman–Crippen LogP) is -5.77. The quantitative estimate of drug-likeness (QED) is 0.105. The molecule has 10 rings (SSSR count). The molecule has 8 aliphatic rings. The van der Waals surface area contributed by atoms with Crippen LogP contribution in [0.3, 0.4) is 0 Å². The van der Waals surface area contributed by atoms with Crippen LogP contribution in [0.15, 0.2) is 24.3 Å². The van der Waals surface area contributed by atoms with Gasteiger partial charge in [-0.3, -0.25) is 9.80 Å². The van der Waals surface area contributed by atoms with Gasteiger partial charge in [0.1, 0.15) is 34.8 Å². The molecule has 4 aliphatic carbocycles. The maximum absolute atomic E-state index is 11.8. The minimum atomic E-state index is -3.02. The molecule has 0 unspecified atom stereocenters. The van der Waals surface area contributed by atoms with Gasteiger partial charge in [-0.1, -0.05) is 36.6 Å². The summed E-state index contributed by atoms with van der Waals surface area (Å²) in [4.78, 5) is 28.1. The number of carbonyl (C=O) groups is 2. The summed E-state index contributed by atoms with van der Waals surface area (Å²) in [5, 5.41) is 59.6. The van der Waals surface area contributed by atoms with E-state index < -0.39 is 25.4 Å². The molecule has 0 spiro atoms. The van der Waals surface area contributed by atoms with Crippen molar-refractivity contribution >= 4 is 25.4 Å². The maximum atomic E-state index is 11.8. The third kappa shape index (κ3) is 7.69. The monoisotopic (exact) mass is 768 g/mol. The van der Waals surface area contributed by atoms with Gasteiger partial charge >= 0.3 is 84.6 Å². The van der Waals surface area contributed by atoms with E-state index in [0.29, 0.717) is 39.0 Å². The molecule has 20 heteroatoms. The van der Waals surface area contributed by atoms with E-state index in [1.54, 1.807) is 24.3 Å². The number of nitrogens with two attached hydrogens (primary N) is 2. The molecule has 0 aromatic heterocycles. The first-order valence-electron chi connectivity index (χ1n) is 18.2. The summed E-state index contributed by atoms with van der Waals surface area (Å²) in [5.74, 6) is -2.71. The van der Waals surface area contributed by atoms with Crippen LogP contribution in [0.1, 0.15) is 82.2 Å². The van der Waals surface area contributed by atoms with Crippen LogP contribution in [-0.4, -0.2) is 128 Å². The standard InChI is InChI=1S/2C17H22BN2O6.2Na/c2*19-17(3-4-17)8-20-6-9(7-20)25-13-2-1-10-11-5-12(11)18(23,24)26-15(10)14(13)16(21)22;;/h2*1-2,9,11-12,23-24H,3-8,19H2,(H,21,22);;/q2*-1;2*+1/t2*11-,12-;;/m11../s1. The van der Waals surface area contributed by atoms with Crippen LogP contribution in [0.5, 0.6) is 23.0 Å². The molecule has 4 heterocycles. The SMILES string of the molecule is NC1(CN2CC(Oc3ccc4c(c3C(=O)O)O[B-](O)(O)[C@@H]3C[C@H]43)C2)CC1.NC1(CN2CC(Oc3ccc4c(c3C(=O)O)O[B-](O)(O)[C@@H]3C[C@H]43)C2)CC1.[Na+].[Na+]. The normalized spacial score (nSPS) is 29.3. The van der Waals surface area contributed by atoms with E-state index in [1.165, 1.54) is 0 Å². The number of nitrogens with zero attached hydrogens (tertiary/aromatic N) is 2. The number of fused-ring (bicyclic) bond motifs is 6. The molecule has 2 aromatic rings.